The molecule has 2 aromatic carbocycles. The van der Waals surface area contributed by atoms with Gasteiger partial charge in [0, 0.05) is 24.5 Å². The van der Waals surface area contributed by atoms with Crippen LogP contribution in [0.25, 0.3) is 11.0 Å². The number of halogens is 1. The van der Waals surface area contributed by atoms with Crippen molar-refractivity contribution in [1.29, 1.82) is 0 Å². The Bertz CT molecular complexity index is 1490. The van der Waals surface area contributed by atoms with E-state index < -0.39 is 0 Å². The summed E-state index contributed by atoms with van der Waals surface area (Å²) in [5, 5.41) is 0.747. The van der Waals surface area contributed by atoms with Gasteiger partial charge in [-0.3, -0.25) is 14.4 Å². The number of fused-ring (bicyclic) bond motifs is 2. The molecule has 0 bridgehead atoms. The van der Waals surface area contributed by atoms with Crippen molar-refractivity contribution >= 4 is 34.4 Å². The van der Waals surface area contributed by atoms with E-state index >= 15 is 0 Å². The third kappa shape index (κ3) is 7.91. The summed E-state index contributed by atoms with van der Waals surface area (Å²) >= 11 is 6.13. The van der Waals surface area contributed by atoms with E-state index in [1.54, 1.807) is 35.2 Å². The molecule has 0 N–H and O–H groups in total. The van der Waals surface area contributed by atoms with Crippen LogP contribution in [0.4, 0.5) is 0 Å². The Morgan fingerprint density at radius 1 is 1.05 bits per heavy atom. The Morgan fingerprint density at radius 2 is 1.80 bits per heavy atom. The van der Waals surface area contributed by atoms with Gasteiger partial charge < -0.3 is 23.7 Å². The molecule has 2 heterocycles. The minimum Gasteiger partial charge on any atom is -0.464 e. The van der Waals surface area contributed by atoms with E-state index in [4.69, 9.17) is 25.5 Å². The lowest BCUT2D eigenvalue weighted by Gasteiger charge is -2.29. The van der Waals surface area contributed by atoms with Gasteiger partial charge >= 0.3 is 0 Å². The molecule has 0 fully saturated rings. The van der Waals surface area contributed by atoms with Crippen LogP contribution in [-0.2, 0) is 22.7 Å². The molecule has 1 aromatic heterocycles. The summed E-state index contributed by atoms with van der Waals surface area (Å²) < 4.78 is 16.6. The van der Waals surface area contributed by atoms with Crippen molar-refractivity contribution < 1.29 is 23.5 Å². The van der Waals surface area contributed by atoms with Gasteiger partial charge in [-0.2, -0.15) is 0 Å². The molecule has 1 unspecified atom stereocenters. The quantitative estimate of drug-likeness (QED) is 0.252. The molecule has 1 atom stereocenters. The Hall–Kier alpha value is -3.78. The molecule has 0 spiro atoms. The van der Waals surface area contributed by atoms with Crippen LogP contribution in [-0.4, -0.2) is 41.5 Å². The Kier molecular flexibility index (Phi) is 9.43. The predicted octanol–water partition coefficient (Wildman–Crippen LogP) is 6.18. The van der Waals surface area contributed by atoms with Gasteiger partial charge in [-0.1, -0.05) is 51.4 Å². The van der Waals surface area contributed by atoms with Crippen molar-refractivity contribution in [3.05, 3.63) is 81.7 Å². The number of carbonyl (C=O) groups is 2. The topological polar surface area (TPSA) is 89.3 Å². The fourth-order valence-electron chi connectivity index (χ4n) is 5.17. The lowest BCUT2D eigenvalue weighted by molar-refractivity contribution is -0.141. The Balaban J connectivity index is 1.59. The highest BCUT2D eigenvalue weighted by Gasteiger charge is 2.25. The van der Waals surface area contributed by atoms with Crippen LogP contribution < -0.4 is 14.9 Å². The average molecular weight is 581 g/mol. The minimum absolute atomic E-state index is 0.0192. The lowest BCUT2D eigenvalue weighted by atomic mass is 9.84. The normalized spacial score (nSPS) is 13.2. The summed E-state index contributed by atoms with van der Waals surface area (Å²) in [4.78, 5) is 43.5. The zero-order chi connectivity index (χ0) is 29.7. The van der Waals surface area contributed by atoms with E-state index in [0.717, 1.165) is 12.0 Å². The second-order valence-electron chi connectivity index (χ2n) is 11.8. The van der Waals surface area contributed by atoms with Crippen molar-refractivity contribution in [3.63, 3.8) is 0 Å². The Labute approximate surface area is 245 Å². The predicted molar refractivity (Wildman–Crippen MR) is 159 cm³/mol. The van der Waals surface area contributed by atoms with Crippen molar-refractivity contribution in [2.45, 2.75) is 53.6 Å². The van der Waals surface area contributed by atoms with Crippen LogP contribution in [0.2, 0.25) is 5.02 Å². The van der Waals surface area contributed by atoms with E-state index in [1.165, 1.54) is 11.2 Å². The summed E-state index contributed by atoms with van der Waals surface area (Å²) in [6.45, 7) is 12.6. The number of rotatable bonds is 11. The Morgan fingerprint density at radius 3 is 2.54 bits per heavy atom. The molecular formula is C32H37ClN2O6. The van der Waals surface area contributed by atoms with Gasteiger partial charge in [-0.25, -0.2) is 0 Å². The van der Waals surface area contributed by atoms with Crippen molar-refractivity contribution in [2.75, 3.05) is 19.9 Å². The summed E-state index contributed by atoms with van der Waals surface area (Å²) in [5.74, 6) is 0.949. The van der Waals surface area contributed by atoms with Crippen LogP contribution in [0, 0.1) is 11.3 Å². The van der Waals surface area contributed by atoms with Gasteiger partial charge in [0.1, 0.15) is 12.1 Å². The summed E-state index contributed by atoms with van der Waals surface area (Å²) in [6.07, 6.45) is 4.20. The molecule has 2 amide bonds. The van der Waals surface area contributed by atoms with E-state index in [2.05, 4.69) is 27.4 Å². The first kappa shape index (κ1) is 30.2. The molecule has 1 aliphatic heterocycles. The fraction of sp³-hybridized carbons (Fsp3) is 0.406. The third-order valence-electron chi connectivity index (χ3n) is 6.84. The SMILES string of the molecule is C=CCN(CC(=O)N(Cc1ccc2c(c1)OCO2)Cc1coc2ccc(Cl)cc2c1=O)C(=O)CC(C)CC(C)(C)C. The second kappa shape index (κ2) is 12.8. The molecule has 1 aliphatic rings. The average Bonchev–Trinajstić information content (AvgIpc) is 3.36. The van der Waals surface area contributed by atoms with E-state index in [9.17, 15) is 14.4 Å². The first-order valence-electron chi connectivity index (χ1n) is 13.7. The van der Waals surface area contributed by atoms with Gasteiger partial charge in [0.25, 0.3) is 0 Å². The molecule has 9 heteroatoms. The van der Waals surface area contributed by atoms with Gasteiger partial charge in [0.15, 0.2) is 16.9 Å². The highest BCUT2D eigenvalue weighted by molar-refractivity contribution is 6.31. The van der Waals surface area contributed by atoms with Crippen molar-refractivity contribution in [1.82, 2.24) is 9.80 Å². The molecule has 3 aromatic rings. The molecule has 0 saturated carbocycles. The largest absolute Gasteiger partial charge is 0.464 e. The minimum atomic E-state index is -0.313. The molecule has 41 heavy (non-hydrogen) atoms. The summed E-state index contributed by atoms with van der Waals surface area (Å²) in [6, 6.07) is 10.3. The van der Waals surface area contributed by atoms with Crippen molar-refractivity contribution in [2.24, 2.45) is 11.3 Å². The second-order valence-corrected chi connectivity index (χ2v) is 12.2. The number of ether oxygens (including phenoxy) is 2. The van der Waals surface area contributed by atoms with Gasteiger partial charge in [-0.15, -0.1) is 6.58 Å². The maximum absolute atomic E-state index is 13.8. The summed E-state index contributed by atoms with van der Waals surface area (Å²) in [5.41, 5.74) is 1.31. The maximum atomic E-state index is 13.8. The molecule has 4 rings (SSSR count). The standard InChI is InChI=1S/C32H37ClN2O6/c1-6-11-34(29(36)12-21(2)15-32(3,4)5)18-30(37)35(16-22-7-9-27-28(13-22)41-20-40-27)17-23-19-39-26-10-8-24(33)14-25(26)31(23)38/h6-10,13-14,19,21H,1,11-12,15-18,20H2,2-5H3. The van der Waals surface area contributed by atoms with Gasteiger partial charge in [-0.05, 0) is 53.6 Å². The lowest BCUT2D eigenvalue weighted by Crippen LogP contribution is -2.43. The van der Waals surface area contributed by atoms with Crippen LogP contribution >= 0.6 is 11.6 Å². The third-order valence-corrected chi connectivity index (χ3v) is 7.08. The first-order valence-corrected chi connectivity index (χ1v) is 14.1. The van der Waals surface area contributed by atoms with E-state index in [1.807, 2.05) is 19.1 Å². The fourth-order valence-corrected chi connectivity index (χ4v) is 5.34. The highest BCUT2D eigenvalue weighted by Crippen LogP contribution is 2.33. The number of nitrogens with zero attached hydrogens (tertiary/aromatic N) is 2. The highest BCUT2D eigenvalue weighted by atomic mass is 35.5. The molecule has 218 valence electrons. The van der Waals surface area contributed by atoms with E-state index in [0.29, 0.717) is 39.5 Å². The monoisotopic (exact) mass is 580 g/mol. The first-order chi connectivity index (χ1) is 19.4. The number of hydrogen-bond donors (Lipinski definition) is 0. The molecule has 0 radical (unpaired) electrons. The summed E-state index contributed by atoms with van der Waals surface area (Å²) in [7, 11) is 0. The van der Waals surface area contributed by atoms with Crippen LogP contribution in [0.15, 0.2) is 64.5 Å². The number of amides is 2. The smallest absolute Gasteiger partial charge is 0.242 e. The van der Waals surface area contributed by atoms with Crippen LogP contribution in [0.5, 0.6) is 11.5 Å². The van der Waals surface area contributed by atoms with Crippen LogP contribution in [0.1, 0.15) is 51.7 Å². The number of carbonyl (C=O) groups excluding carboxylic acids is 2. The van der Waals surface area contributed by atoms with E-state index in [-0.39, 0.29) is 61.5 Å². The molecule has 0 saturated heterocycles. The van der Waals surface area contributed by atoms with Gasteiger partial charge in [0.05, 0.1) is 23.8 Å². The maximum Gasteiger partial charge on any atom is 0.242 e. The zero-order valence-electron chi connectivity index (χ0n) is 24.1. The number of hydrogen-bond acceptors (Lipinski definition) is 6. The number of benzene rings is 2. The zero-order valence-corrected chi connectivity index (χ0v) is 24.8. The van der Waals surface area contributed by atoms with Crippen molar-refractivity contribution in [3.8, 4) is 11.5 Å². The molecule has 0 aliphatic carbocycles. The molecular weight excluding hydrogens is 544 g/mol. The van der Waals surface area contributed by atoms with Crippen LogP contribution in [0.3, 0.4) is 0 Å². The van der Waals surface area contributed by atoms with Gasteiger partial charge in [0.2, 0.25) is 18.6 Å². The molecule has 8 nitrogen and oxygen atoms in total.